The number of hydrogen-bond acceptors (Lipinski definition) is 3. The SMILES string of the molecule is CC(=O)C[C@H]1CC(=O)N(c2cccc(C)c2)C1=O. The van der Waals surface area contributed by atoms with Gasteiger partial charge in [0.2, 0.25) is 11.8 Å². The maximum atomic E-state index is 12.1. The molecule has 4 nitrogen and oxygen atoms in total. The largest absolute Gasteiger partial charge is 0.300 e. The molecule has 0 spiro atoms. The van der Waals surface area contributed by atoms with E-state index in [9.17, 15) is 14.4 Å². The van der Waals surface area contributed by atoms with Crippen molar-refractivity contribution in [2.24, 2.45) is 5.92 Å². The average Bonchev–Trinajstić information content (AvgIpc) is 2.53. The molecule has 0 N–H and O–H groups in total. The Morgan fingerprint density at radius 3 is 2.72 bits per heavy atom. The van der Waals surface area contributed by atoms with E-state index < -0.39 is 5.92 Å². The molecule has 0 radical (unpaired) electrons. The Balaban J connectivity index is 2.27. The first-order chi connectivity index (χ1) is 8.49. The highest BCUT2D eigenvalue weighted by Crippen LogP contribution is 2.28. The van der Waals surface area contributed by atoms with Gasteiger partial charge in [-0.3, -0.25) is 14.5 Å². The maximum absolute atomic E-state index is 12.1. The molecule has 94 valence electrons. The van der Waals surface area contributed by atoms with Crippen LogP contribution < -0.4 is 4.90 Å². The number of imide groups is 1. The van der Waals surface area contributed by atoms with E-state index in [-0.39, 0.29) is 30.4 Å². The summed E-state index contributed by atoms with van der Waals surface area (Å²) in [7, 11) is 0. The topological polar surface area (TPSA) is 54.5 Å². The van der Waals surface area contributed by atoms with Gasteiger partial charge in [0.1, 0.15) is 5.78 Å². The number of benzene rings is 1. The Kier molecular flexibility index (Phi) is 3.28. The number of anilines is 1. The molecule has 1 atom stereocenters. The van der Waals surface area contributed by atoms with Crippen LogP contribution in [-0.2, 0) is 14.4 Å². The van der Waals surface area contributed by atoms with Gasteiger partial charge in [0.25, 0.3) is 0 Å². The lowest BCUT2D eigenvalue weighted by atomic mass is 10.0. The molecule has 0 unspecified atom stereocenters. The molecule has 1 fully saturated rings. The first-order valence-electron chi connectivity index (χ1n) is 5.92. The summed E-state index contributed by atoms with van der Waals surface area (Å²) < 4.78 is 0. The van der Waals surface area contributed by atoms with Gasteiger partial charge in [0.05, 0.1) is 11.6 Å². The highest BCUT2D eigenvalue weighted by atomic mass is 16.2. The fraction of sp³-hybridized carbons (Fsp3) is 0.357. The normalized spacial score (nSPS) is 19.4. The number of rotatable bonds is 3. The summed E-state index contributed by atoms with van der Waals surface area (Å²) in [5, 5.41) is 0. The van der Waals surface area contributed by atoms with Crippen LogP contribution in [0.15, 0.2) is 24.3 Å². The van der Waals surface area contributed by atoms with Gasteiger partial charge in [-0.15, -0.1) is 0 Å². The smallest absolute Gasteiger partial charge is 0.237 e. The quantitative estimate of drug-likeness (QED) is 0.764. The van der Waals surface area contributed by atoms with Crippen LogP contribution in [0.25, 0.3) is 0 Å². The van der Waals surface area contributed by atoms with Crippen molar-refractivity contribution < 1.29 is 14.4 Å². The number of aryl methyl sites for hydroxylation is 1. The van der Waals surface area contributed by atoms with Crippen LogP contribution in [0.2, 0.25) is 0 Å². The third kappa shape index (κ3) is 2.32. The second-order valence-electron chi connectivity index (χ2n) is 4.71. The van der Waals surface area contributed by atoms with Gasteiger partial charge in [-0.25, -0.2) is 0 Å². The van der Waals surface area contributed by atoms with Crippen LogP contribution >= 0.6 is 0 Å². The van der Waals surface area contributed by atoms with Gasteiger partial charge in [0, 0.05) is 12.8 Å². The minimum Gasteiger partial charge on any atom is -0.300 e. The van der Waals surface area contributed by atoms with Crippen LogP contribution in [0, 0.1) is 12.8 Å². The van der Waals surface area contributed by atoms with Crippen LogP contribution in [0.1, 0.15) is 25.3 Å². The van der Waals surface area contributed by atoms with Gasteiger partial charge in [-0.05, 0) is 31.5 Å². The molecular weight excluding hydrogens is 230 g/mol. The Bertz CT molecular complexity index is 522. The maximum Gasteiger partial charge on any atom is 0.237 e. The number of ketones is 1. The predicted octanol–water partition coefficient (Wildman–Crippen LogP) is 1.85. The van der Waals surface area contributed by atoms with Crippen LogP contribution in [-0.4, -0.2) is 17.6 Å². The Hall–Kier alpha value is -1.97. The zero-order chi connectivity index (χ0) is 13.3. The summed E-state index contributed by atoms with van der Waals surface area (Å²) in [5.74, 6) is -1.04. The third-order valence-electron chi connectivity index (χ3n) is 3.03. The van der Waals surface area contributed by atoms with Crippen LogP contribution in [0.4, 0.5) is 5.69 Å². The summed E-state index contributed by atoms with van der Waals surface area (Å²) in [6.07, 6.45) is 0.277. The van der Waals surface area contributed by atoms with Gasteiger partial charge >= 0.3 is 0 Å². The van der Waals surface area contributed by atoms with Gasteiger partial charge < -0.3 is 4.79 Å². The number of Topliss-reactive ketones (excluding diaryl/α,β-unsaturated/α-hetero) is 1. The van der Waals surface area contributed by atoms with E-state index in [2.05, 4.69) is 0 Å². The average molecular weight is 245 g/mol. The minimum absolute atomic E-state index is 0.0627. The minimum atomic E-state index is -0.490. The molecular formula is C14H15NO3. The Morgan fingerprint density at radius 1 is 1.39 bits per heavy atom. The van der Waals surface area contributed by atoms with Gasteiger partial charge in [-0.2, -0.15) is 0 Å². The molecule has 0 bridgehead atoms. The fourth-order valence-electron chi connectivity index (χ4n) is 2.24. The highest BCUT2D eigenvalue weighted by Gasteiger charge is 2.39. The lowest BCUT2D eigenvalue weighted by molar-refractivity contribution is -0.125. The Morgan fingerprint density at radius 2 is 2.11 bits per heavy atom. The lowest BCUT2D eigenvalue weighted by Gasteiger charge is -2.15. The van der Waals surface area contributed by atoms with Crippen molar-refractivity contribution in [2.45, 2.75) is 26.7 Å². The molecule has 18 heavy (non-hydrogen) atoms. The van der Waals surface area contributed by atoms with E-state index in [0.717, 1.165) is 5.56 Å². The van der Waals surface area contributed by atoms with Crippen molar-refractivity contribution in [3.63, 3.8) is 0 Å². The molecule has 0 aliphatic carbocycles. The van der Waals surface area contributed by atoms with Crippen LogP contribution in [0.5, 0.6) is 0 Å². The van der Waals surface area contributed by atoms with Crippen molar-refractivity contribution in [1.82, 2.24) is 0 Å². The number of hydrogen-bond donors (Lipinski definition) is 0. The molecule has 0 saturated carbocycles. The number of carbonyl (C=O) groups excluding carboxylic acids is 3. The molecule has 1 saturated heterocycles. The Labute approximate surface area is 106 Å². The van der Waals surface area contributed by atoms with Crippen molar-refractivity contribution in [3.8, 4) is 0 Å². The molecule has 1 aliphatic rings. The fourth-order valence-corrected chi connectivity index (χ4v) is 2.24. The standard InChI is InChI=1S/C14H15NO3/c1-9-4-3-5-12(6-9)15-13(17)8-11(14(15)18)7-10(2)16/h3-6,11H,7-8H2,1-2H3/t11-/m0/s1. The third-order valence-corrected chi connectivity index (χ3v) is 3.03. The van der Waals surface area contributed by atoms with Crippen molar-refractivity contribution in [3.05, 3.63) is 29.8 Å². The van der Waals surface area contributed by atoms with E-state index in [1.165, 1.54) is 11.8 Å². The summed E-state index contributed by atoms with van der Waals surface area (Å²) >= 11 is 0. The summed E-state index contributed by atoms with van der Waals surface area (Å²) in [6, 6.07) is 7.25. The highest BCUT2D eigenvalue weighted by molar-refractivity contribution is 6.21. The molecule has 1 aromatic rings. The molecule has 1 heterocycles. The van der Waals surface area contributed by atoms with Crippen molar-refractivity contribution >= 4 is 23.3 Å². The molecule has 0 aromatic heterocycles. The lowest BCUT2D eigenvalue weighted by Crippen LogP contribution is -2.30. The molecule has 2 amide bonds. The second-order valence-corrected chi connectivity index (χ2v) is 4.71. The van der Waals surface area contributed by atoms with E-state index >= 15 is 0 Å². The van der Waals surface area contributed by atoms with E-state index in [0.29, 0.717) is 5.69 Å². The number of nitrogens with zero attached hydrogens (tertiary/aromatic N) is 1. The van der Waals surface area contributed by atoms with E-state index in [4.69, 9.17) is 0 Å². The summed E-state index contributed by atoms with van der Waals surface area (Å²) in [5.41, 5.74) is 1.58. The number of amides is 2. The van der Waals surface area contributed by atoms with Crippen molar-refractivity contribution in [1.29, 1.82) is 0 Å². The summed E-state index contributed by atoms with van der Waals surface area (Å²) in [6.45, 7) is 3.34. The molecule has 1 aromatic carbocycles. The van der Waals surface area contributed by atoms with Crippen LogP contribution in [0.3, 0.4) is 0 Å². The first-order valence-corrected chi connectivity index (χ1v) is 5.92. The van der Waals surface area contributed by atoms with Crippen molar-refractivity contribution in [2.75, 3.05) is 4.90 Å². The molecule has 4 heteroatoms. The number of carbonyl (C=O) groups is 3. The summed E-state index contributed by atoms with van der Waals surface area (Å²) in [4.78, 5) is 36.3. The van der Waals surface area contributed by atoms with Gasteiger partial charge in [0.15, 0.2) is 0 Å². The van der Waals surface area contributed by atoms with E-state index in [1.807, 2.05) is 19.1 Å². The monoisotopic (exact) mass is 245 g/mol. The van der Waals surface area contributed by atoms with E-state index in [1.54, 1.807) is 12.1 Å². The molecule has 2 rings (SSSR count). The molecule has 1 aliphatic heterocycles. The predicted molar refractivity (Wildman–Crippen MR) is 67.1 cm³/mol. The van der Waals surface area contributed by atoms with Gasteiger partial charge in [-0.1, -0.05) is 12.1 Å². The second kappa shape index (κ2) is 4.72. The first kappa shape index (κ1) is 12.5. The zero-order valence-electron chi connectivity index (χ0n) is 10.5. The zero-order valence-corrected chi connectivity index (χ0v) is 10.5.